The minimum Gasteiger partial charge on any atom is -0.273 e. The van der Waals surface area contributed by atoms with E-state index in [-0.39, 0.29) is 0 Å². The molecule has 2 nitrogen and oxygen atoms in total. The molecule has 2 atom stereocenters. The summed E-state index contributed by atoms with van der Waals surface area (Å²) in [6.07, 6.45) is 0.542. The van der Waals surface area contributed by atoms with Crippen molar-refractivity contribution in [3.8, 4) is 0 Å². The molecule has 1 aromatic heterocycles. The van der Waals surface area contributed by atoms with Crippen molar-refractivity contribution in [2.24, 2.45) is 0 Å². The number of benzene rings is 2. The van der Waals surface area contributed by atoms with Gasteiger partial charge in [0.15, 0.2) is 0 Å². The molecule has 3 aromatic rings. The molecule has 2 aromatic carbocycles. The summed E-state index contributed by atoms with van der Waals surface area (Å²) >= 11 is 1.93. The molecule has 2 heterocycles. The van der Waals surface area contributed by atoms with E-state index in [0.717, 1.165) is 13.1 Å². The third-order valence-electron chi connectivity index (χ3n) is 5.30. The lowest BCUT2D eigenvalue weighted by Crippen LogP contribution is -3.22. The first-order chi connectivity index (χ1) is 12.3. The smallest absolute Gasteiger partial charge is 0.250 e. The Hall–Kier alpha value is -1.94. The largest absolute Gasteiger partial charge is 0.273 e. The lowest BCUT2D eigenvalue weighted by atomic mass is 10.1. The van der Waals surface area contributed by atoms with Crippen molar-refractivity contribution in [1.29, 1.82) is 0 Å². The van der Waals surface area contributed by atoms with Crippen LogP contribution in [0.15, 0.2) is 72.1 Å². The summed E-state index contributed by atoms with van der Waals surface area (Å²) in [6.45, 7) is 6.96. The van der Waals surface area contributed by atoms with Crippen molar-refractivity contribution in [2.75, 3.05) is 13.1 Å². The van der Waals surface area contributed by atoms with E-state index in [9.17, 15) is 0 Å². The molecule has 0 saturated carbocycles. The van der Waals surface area contributed by atoms with Crippen LogP contribution in [0.2, 0.25) is 0 Å². The van der Waals surface area contributed by atoms with Crippen LogP contribution in [0.25, 0.3) is 0 Å². The quantitative estimate of drug-likeness (QED) is 0.698. The van der Waals surface area contributed by atoms with Gasteiger partial charge in [-0.25, -0.2) is 0 Å². The Bertz CT molecular complexity index is 748. The molecule has 1 aliphatic rings. The zero-order chi connectivity index (χ0) is 17.1. The number of thiophene rings is 1. The van der Waals surface area contributed by atoms with Crippen molar-refractivity contribution < 1.29 is 9.80 Å². The summed E-state index contributed by atoms with van der Waals surface area (Å²) in [7, 11) is 0. The summed E-state index contributed by atoms with van der Waals surface area (Å²) in [5, 5.41) is 2.25. The van der Waals surface area contributed by atoms with Crippen LogP contribution < -0.4 is 9.80 Å². The second kappa shape index (κ2) is 7.52. The Balaban J connectivity index is 1.60. The summed E-state index contributed by atoms with van der Waals surface area (Å²) in [6, 6.07) is 24.2. The predicted molar refractivity (Wildman–Crippen MR) is 104 cm³/mol. The van der Waals surface area contributed by atoms with Crippen LogP contribution >= 0.6 is 11.3 Å². The van der Waals surface area contributed by atoms with Gasteiger partial charge < -0.3 is 0 Å². The van der Waals surface area contributed by atoms with Crippen LogP contribution in [0.1, 0.15) is 27.7 Å². The number of aryl methyl sites for hydroxylation is 1. The van der Waals surface area contributed by atoms with Gasteiger partial charge in [0, 0.05) is 11.1 Å². The highest BCUT2D eigenvalue weighted by Gasteiger charge is 2.42. The monoisotopic (exact) mass is 350 g/mol. The van der Waals surface area contributed by atoms with E-state index in [1.54, 1.807) is 14.7 Å². The zero-order valence-electron chi connectivity index (χ0n) is 14.7. The van der Waals surface area contributed by atoms with E-state index in [0.29, 0.717) is 6.17 Å². The molecule has 2 N–H and O–H groups in total. The molecule has 0 bridgehead atoms. The first kappa shape index (κ1) is 16.5. The Morgan fingerprint density at radius 3 is 1.76 bits per heavy atom. The summed E-state index contributed by atoms with van der Waals surface area (Å²) in [4.78, 5) is 4.96. The maximum atomic E-state index is 2.28. The molecule has 0 radical (unpaired) electrons. The van der Waals surface area contributed by atoms with Crippen LogP contribution in [-0.2, 0) is 13.1 Å². The second-order valence-corrected chi connectivity index (χ2v) is 7.99. The van der Waals surface area contributed by atoms with E-state index in [4.69, 9.17) is 0 Å². The molecule has 3 heteroatoms. The van der Waals surface area contributed by atoms with Crippen LogP contribution in [0.4, 0.5) is 0 Å². The number of quaternary nitrogens is 2. The average Bonchev–Trinajstić information content (AvgIpc) is 3.23. The van der Waals surface area contributed by atoms with Gasteiger partial charge in [0.05, 0.1) is 0 Å². The molecule has 25 heavy (non-hydrogen) atoms. The Labute approximate surface area is 154 Å². The van der Waals surface area contributed by atoms with Gasteiger partial charge in [0.2, 0.25) is 0 Å². The van der Waals surface area contributed by atoms with Gasteiger partial charge in [-0.2, -0.15) is 0 Å². The number of rotatable bonds is 5. The Morgan fingerprint density at radius 2 is 1.32 bits per heavy atom. The van der Waals surface area contributed by atoms with Crippen molar-refractivity contribution in [1.82, 2.24) is 0 Å². The molecule has 2 unspecified atom stereocenters. The number of nitrogens with one attached hydrogen (secondary N) is 2. The van der Waals surface area contributed by atoms with Crippen LogP contribution in [0.3, 0.4) is 0 Å². The Morgan fingerprint density at radius 1 is 0.800 bits per heavy atom. The Kier molecular flexibility index (Phi) is 4.97. The molecule has 1 aliphatic heterocycles. The highest BCUT2D eigenvalue weighted by atomic mass is 32.1. The summed E-state index contributed by atoms with van der Waals surface area (Å²) < 4.78 is 0. The highest BCUT2D eigenvalue weighted by molar-refractivity contribution is 7.10. The molecule has 4 rings (SSSR count). The predicted octanol–water partition coefficient (Wildman–Crippen LogP) is 2.24. The third-order valence-corrected chi connectivity index (χ3v) is 6.38. The molecule has 128 valence electrons. The first-order valence-corrected chi connectivity index (χ1v) is 10.0. The summed E-state index contributed by atoms with van der Waals surface area (Å²) in [5.74, 6) is 0. The molecular weight excluding hydrogens is 324 g/mol. The van der Waals surface area contributed by atoms with Gasteiger partial charge in [-0.3, -0.25) is 9.80 Å². The van der Waals surface area contributed by atoms with Crippen LogP contribution in [0.5, 0.6) is 0 Å². The van der Waals surface area contributed by atoms with Crippen LogP contribution in [0, 0.1) is 6.92 Å². The van der Waals surface area contributed by atoms with Crippen molar-refractivity contribution in [2.45, 2.75) is 26.2 Å². The van der Waals surface area contributed by atoms with Gasteiger partial charge in [-0.1, -0.05) is 60.7 Å². The lowest BCUT2D eigenvalue weighted by molar-refractivity contribution is -1.09. The van der Waals surface area contributed by atoms with E-state index < -0.39 is 0 Å². The maximum absolute atomic E-state index is 2.28. The topological polar surface area (TPSA) is 8.88 Å². The lowest BCUT2D eigenvalue weighted by Gasteiger charge is -2.24. The molecule has 1 fully saturated rings. The number of hydrogen-bond donors (Lipinski definition) is 2. The van der Waals surface area contributed by atoms with Crippen molar-refractivity contribution in [3.63, 3.8) is 0 Å². The third kappa shape index (κ3) is 3.69. The summed E-state index contributed by atoms with van der Waals surface area (Å²) in [5.41, 5.74) is 4.34. The molecular formula is C22H26N2S+2. The van der Waals surface area contributed by atoms with Crippen LogP contribution in [-0.4, -0.2) is 13.1 Å². The molecule has 1 saturated heterocycles. The highest BCUT2D eigenvalue weighted by Crippen LogP contribution is 2.20. The normalized spacial score (nSPS) is 23.0. The number of hydrogen-bond acceptors (Lipinski definition) is 1. The minimum absolute atomic E-state index is 0.542. The van der Waals surface area contributed by atoms with E-state index in [2.05, 4.69) is 79.0 Å². The fourth-order valence-electron chi connectivity index (χ4n) is 4.05. The fraction of sp³-hybridized carbons (Fsp3) is 0.273. The zero-order valence-corrected chi connectivity index (χ0v) is 15.6. The van der Waals surface area contributed by atoms with E-state index in [1.807, 2.05) is 11.3 Å². The van der Waals surface area contributed by atoms with Crippen molar-refractivity contribution >= 4 is 11.3 Å². The van der Waals surface area contributed by atoms with Gasteiger partial charge in [-0.15, -0.1) is 11.3 Å². The standard InChI is InChI=1S/C22H24N2S/c1-18-12-15-25-21(18)22-23(16-19-8-4-2-5-9-19)13-14-24(22)17-20-10-6-3-7-11-20/h2-12,15,22H,13-14,16-17H2,1H3/p+2. The van der Waals surface area contributed by atoms with Gasteiger partial charge in [-0.05, 0) is 23.9 Å². The van der Waals surface area contributed by atoms with Gasteiger partial charge >= 0.3 is 0 Å². The van der Waals surface area contributed by atoms with Crippen molar-refractivity contribution in [3.05, 3.63) is 93.7 Å². The minimum atomic E-state index is 0.542. The van der Waals surface area contributed by atoms with E-state index in [1.165, 1.54) is 29.8 Å². The van der Waals surface area contributed by atoms with Gasteiger partial charge in [0.25, 0.3) is 6.17 Å². The molecule has 0 amide bonds. The maximum Gasteiger partial charge on any atom is 0.250 e. The molecule has 0 aliphatic carbocycles. The van der Waals surface area contributed by atoms with E-state index >= 15 is 0 Å². The van der Waals surface area contributed by atoms with Gasteiger partial charge in [0.1, 0.15) is 31.1 Å². The SMILES string of the molecule is Cc1ccsc1C1[NH+](Cc2ccccc2)CC[NH+]1Cc1ccccc1. The molecule has 0 spiro atoms. The average molecular weight is 351 g/mol. The first-order valence-electron chi connectivity index (χ1n) is 9.12. The second-order valence-electron chi connectivity index (χ2n) is 7.04. The fourth-order valence-corrected chi connectivity index (χ4v) is 5.19.